The number of nitrogens with one attached hydrogen (secondary N) is 1. The zero-order valence-corrected chi connectivity index (χ0v) is 12.5. The molecule has 20 heavy (non-hydrogen) atoms. The van der Waals surface area contributed by atoms with Crippen molar-refractivity contribution in [3.8, 4) is 0 Å². The van der Waals surface area contributed by atoms with Gasteiger partial charge in [-0.3, -0.25) is 0 Å². The van der Waals surface area contributed by atoms with E-state index in [1.54, 1.807) is 6.26 Å². The van der Waals surface area contributed by atoms with Crippen LogP contribution in [-0.2, 0) is 15.3 Å². The first-order valence-corrected chi connectivity index (χ1v) is 7.36. The Morgan fingerprint density at radius 1 is 1.35 bits per heavy atom. The molecule has 0 aliphatic carbocycles. The minimum atomic E-state index is -1.82. The summed E-state index contributed by atoms with van der Waals surface area (Å²) in [5, 5.41) is 18.2. The van der Waals surface area contributed by atoms with Crippen LogP contribution in [0.5, 0.6) is 0 Å². The fourth-order valence-electron chi connectivity index (χ4n) is 1.10. The van der Waals surface area contributed by atoms with Crippen molar-refractivity contribution in [3.05, 3.63) is 24.2 Å². The predicted molar refractivity (Wildman–Crippen MR) is 77.8 cm³/mol. The lowest BCUT2D eigenvalue weighted by Crippen LogP contribution is -2.22. The zero-order valence-electron chi connectivity index (χ0n) is 11.7. The van der Waals surface area contributed by atoms with Crippen LogP contribution < -0.4 is 5.32 Å². The van der Waals surface area contributed by atoms with Gasteiger partial charge in [0.15, 0.2) is 0 Å². The van der Waals surface area contributed by atoms with Crippen LogP contribution in [0.4, 0.5) is 0 Å². The molecular formula is C13H21NO5S. The minimum absolute atomic E-state index is 0.741. The van der Waals surface area contributed by atoms with Gasteiger partial charge >= 0.3 is 11.9 Å². The molecule has 0 amide bonds. The summed E-state index contributed by atoms with van der Waals surface area (Å²) in [5.74, 6) is 0.290. The van der Waals surface area contributed by atoms with Crippen molar-refractivity contribution in [1.29, 1.82) is 0 Å². The number of rotatable bonds is 7. The molecule has 114 valence electrons. The van der Waals surface area contributed by atoms with Gasteiger partial charge in [-0.1, -0.05) is 13.8 Å². The fourth-order valence-corrected chi connectivity index (χ4v) is 1.90. The third-order valence-corrected chi connectivity index (χ3v) is 2.96. The van der Waals surface area contributed by atoms with E-state index in [0.29, 0.717) is 0 Å². The molecule has 0 unspecified atom stereocenters. The average Bonchev–Trinajstić information content (AvgIpc) is 2.87. The van der Waals surface area contributed by atoms with E-state index in [0.717, 1.165) is 36.3 Å². The monoisotopic (exact) mass is 303 g/mol. The van der Waals surface area contributed by atoms with E-state index in [1.807, 2.05) is 23.9 Å². The summed E-state index contributed by atoms with van der Waals surface area (Å²) in [5.41, 5.74) is 0. The van der Waals surface area contributed by atoms with Gasteiger partial charge in [-0.25, -0.2) is 9.59 Å². The molecule has 0 bridgehead atoms. The van der Waals surface area contributed by atoms with Crippen molar-refractivity contribution in [1.82, 2.24) is 5.32 Å². The lowest BCUT2D eigenvalue weighted by molar-refractivity contribution is -0.159. The van der Waals surface area contributed by atoms with Gasteiger partial charge in [-0.15, -0.1) is 0 Å². The molecule has 6 nitrogen and oxygen atoms in total. The molecule has 0 aromatic carbocycles. The molecule has 1 aromatic heterocycles. The number of carboxylic acid groups (broad SMARTS) is 2. The molecule has 0 aliphatic heterocycles. The van der Waals surface area contributed by atoms with Gasteiger partial charge in [0, 0.05) is 12.3 Å². The predicted octanol–water partition coefficient (Wildman–Crippen LogP) is 1.91. The Kier molecular flexibility index (Phi) is 10.5. The topological polar surface area (TPSA) is 99.8 Å². The molecule has 0 atom stereocenters. The van der Waals surface area contributed by atoms with Crippen LogP contribution in [0.1, 0.15) is 19.6 Å². The first-order valence-electron chi connectivity index (χ1n) is 6.20. The van der Waals surface area contributed by atoms with Crippen LogP contribution in [0.3, 0.4) is 0 Å². The molecule has 7 heteroatoms. The lowest BCUT2D eigenvalue weighted by Gasteiger charge is -2.06. The van der Waals surface area contributed by atoms with Crippen LogP contribution in [-0.4, -0.2) is 41.0 Å². The maximum Gasteiger partial charge on any atom is 0.414 e. The minimum Gasteiger partial charge on any atom is -0.473 e. The highest BCUT2D eigenvalue weighted by atomic mass is 32.2. The van der Waals surface area contributed by atoms with E-state index in [2.05, 4.69) is 19.2 Å². The molecule has 1 aromatic rings. The number of carbonyl (C=O) groups is 2. The third-order valence-electron chi connectivity index (χ3n) is 1.98. The second-order valence-electron chi connectivity index (χ2n) is 4.34. The van der Waals surface area contributed by atoms with E-state index < -0.39 is 11.9 Å². The van der Waals surface area contributed by atoms with Gasteiger partial charge in [0.25, 0.3) is 0 Å². The number of carboxylic acids is 2. The molecule has 1 rings (SSSR count). The van der Waals surface area contributed by atoms with E-state index >= 15 is 0 Å². The van der Waals surface area contributed by atoms with E-state index in [1.165, 1.54) is 0 Å². The Morgan fingerprint density at radius 3 is 2.45 bits per heavy atom. The maximum atomic E-state index is 9.10. The van der Waals surface area contributed by atoms with E-state index in [-0.39, 0.29) is 0 Å². The number of aliphatic carboxylic acids is 2. The molecule has 0 fully saturated rings. The zero-order chi connectivity index (χ0) is 15.4. The fraction of sp³-hybridized carbons (Fsp3) is 0.538. The van der Waals surface area contributed by atoms with E-state index in [9.17, 15) is 0 Å². The van der Waals surface area contributed by atoms with Crippen molar-refractivity contribution in [2.24, 2.45) is 5.92 Å². The van der Waals surface area contributed by atoms with Crippen LogP contribution in [0.15, 0.2) is 22.8 Å². The molecule has 3 N–H and O–H groups in total. The SMILES string of the molecule is CC(C)CNCCSCc1ccco1.O=C(O)C(=O)O. The van der Waals surface area contributed by atoms with Gasteiger partial charge in [-0.05, 0) is 24.6 Å². The van der Waals surface area contributed by atoms with Crippen LogP contribution in [0.25, 0.3) is 0 Å². The normalized spacial score (nSPS) is 9.95. The largest absolute Gasteiger partial charge is 0.473 e. The van der Waals surface area contributed by atoms with Crippen LogP contribution in [0, 0.1) is 5.92 Å². The molecule has 0 aliphatic rings. The standard InChI is InChI=1S/C11H19NOS.C2H2O4/c1-10(2)8-12-5-7-14-9-11-4-3-6-13-11;3-1(4)2(5)6/h3-4,6,10,12H,5,7-9H2,1-2H3;(H,3,4)(H,5,6). The van der Waals surface area contributed by atoms with Crippen molar-refractivity contribution in [2.45, 2.75) is 19.6 Å². The van der Waals surface area contributed by atoms with Crippen LogP contribution >= 0.6 is 11.8 Å². The quantitative estimate of drug-likeness (QED) is 0.522. The summed E-state index contributed by atoms with van der Waals surface area (Å²) in [6, 6.07) is 3.96. The highest BCUT2D eigenvalue weighted by molar-refractivity contribution is 7.98. The van der Waals surface area contributed by atoms with Gasteiger partial charge in [-0.2, -0.15) is 11.8 Å². The van der Waals surface area contributed by atoms with Gasteiger partial charge in [0.05, 0.1) is 12.0 Å². The maximum absolute atomic E-state index is 9.10. The Hall–Kier alpha value is -1.47. The second kappa shape index (κ2) is 11.4. The first kappa shape index (κ1) is 18.5. The summed E-state index contributed by atoms with van der Waals surface area (Å²) >= 11 is 1.91. The summed E-state index contributed by atoms with van der Waals surface area (Å²) in [4.78, 5) is 18.2. The van der Waals surface area contributed by atoms with Crippen LogP contribution in [0.2, 0.25) is 0 Å². The van der Waals surface area contributed by atoms with Crippen molar-refractivity contribution in [3.63, 3.8) is 0 Å². The number of thioether (sulfide) groups is 1. The summed E-state index contributed by atoms with van der Waals surface area (Å²) < 4.78 is 5.24. The third kappa shape index (κ3) is 11.6. The average molecular weight is 303 g/mol. The number of hydrogen-bond acceptors (Lipinski definition) is 5. The van der Waals surface area contributed by atoms with Crippen molar-refractivity contribution >= 4 is 23.7 Å². The summed E-state index contributed by atoms with van der Waals surface area (Å²) in [6.07, 6.45) is 1.73. The molecule has 0 saturated heterocycles. The second-order valence-corrected chi connectivity index (χ2v) is 5.45. The van der Waals surface area contributed by atoms with E-state index in [4.69, 9.17) is 24.2 Å². The first-order chi connectivity index (χ1) is 9.43. The summed E-state index contributed by atoms with van der Waals surface area (Å²) in [6.45, 7) is 6.65. The van der Waals surface area contributed by atoms with Crippen molar-refractivity contribution < 1.29 is 24.2 Å². The number of furan rings is 1. The smallest absolute Gasteiger partial charge is 0.414 e. The Labute approximate surface area is 122 Å². The van der Waals surface area contributed by atoms with Gasteiger partial charge in [0.2, 0.25) is 0 Å². The van der Waals surface area contributed by atoms with Gasteiger partial charge in [0.1, 0.15) is 5.76 Å². The Bertz CT molecular complexity index is 366. The molecule has 0 saturated carbocycles. The van der Waals surface area contributed by atoms with Gasteiger partial charge < -0.3 is 19.9 Å². The highest BCUT2D eigenvalue weighted by Crippen LogP contribution is 2.11. The molecular weight excluding hydrogens is 282 g/mol. The summed E-state index contributed by atoms with van der Waals surface area (Å²) in [7, 11) is 0. The number of hydrogen-bond donors (Lipinski definition) is 3. The molecule has 0 spiro atoms. The Balaban J connectivity index is 0.000000511. The Morgan fingerprint density at radius 2 is 2.00 bits per heavy atom. The molecule has 1 heterocycles. The molecule has 0 radical (unpaired) electrons. The highest BCUT2D eigenvalue weighted by Gasteiger charge is 2.04. The van der Waals surface area contributed by atoms with Crippen molar-refractivity contribution in [2.75, 3.05) is 18.8 Å². The lowest BCUT2D eigenvalue weighted by atomic mass is 10.2.